The number of pyridine rings is 1. The van der Waals surface area contributed by atoms with Crippen LogP contribution < -0.4 is 0 Å². The third kappa shape index (κ3) is 3.10. The molecule has 0 fully saturated rings. The van der Waals surface area contributed by atoms with E-state index >= 15 is 0 Å². The van der Waals surface area contributed by atoms with E-state index < -0.39 is 0 Å². The minimum absolute atomic E-state index is 0.0239. The lowest BCUT2D eigenvalue weighted by Crippen LogP contribution is -2.12. The Morgan fingerprint density at radius 1 is 0.900 bits per heavy atom. The molecule has 0 bridgehead atoms. The van der Waals surface area contributed by atoms with Gasteiger partial charge in [-0.3, -0.25) is 4.98 Å². The highest BCUT2D eigenvalue weighted by Crippen LogP contribution is 2.39. The predicted molar refractivity (Wildman–Crippen MR) is 131 cm³/mol. The zero-order valence-corrected chi connectivity index (χ0v) is 18.2. The second-order valence-corrected chi connectivity index (χ2v) is 9.00. The van der Waals surface area contributed by atoms with E-state index in [9.17, 15) is 0 Å². The van der Waals surface area contributed by atoms with Gasteiger partial charge in [0.15, 0.2) is 0 Å². The Hall–Kier alpha value is -3.04. The van der Waals surface area contributed by atoms with Crippen LogP contribution in [0.1, 0.15) is 31.9 Å². The maximum atomic E-state index is 6.19. The van der Waals surface area contributed by atoms with Crippen molar-refractivity contribution in [2.75, 3.05) is 0 Å². The average molecular weight is 410 g/mol. The summed E-state index contributed by atoms with van der Waals surface area (Å²) in [6.07, 6.45) is 3.79. The number of aromatic nitrogens is 1. The van der Waals surface area contributed by atoms with Gasteiger partial charge in [-0.25, -0.2) is 0 Å². The average Bonchev–Trinajstić information content (AvgIpc) is 3.10. The van der Waals surface area contributed by atoms with Crippen LogP contribution in [0.5, 0.6) is 0 Å². The largest absolute Gasteiger partial charge is 0.456 e. The smallest absolute Gasteiger partial charge is 0.139 e. The Balaban J connectivity index is 1.83. The van der Waals surface area contributed by atoms with Gasteiger partial charge in [0, 0.05) is 17.1 Å². The Morgan fingerprint density at radius 2 is 1.73 bits per heavy atom. The molecule has 0 aliphatic rings. The zero-order chi connectivity index (χ0) is 20.9. The molecule has 0 N–H and O–H groups in total. The van der Waals surface area contributed by atoms with Crippen molar-refractivity contribution in [2.45, 2.75) is 26.2 Å². The Bertz CT molecular complexity index is 1440. The molecule has 2 heterocycles. The normalized spacial score (nSPS) is 12.5. The van der Waals surface area contributed by atoms with Crippen molar-refractivity contribution >= 4 is 51.4 Å². The topological polar surface area (TPSA) is 26.0 Å². The molecule has 5 rings (SSSR count). The number of hydrogen-bond acceptors (Lipinski definition) is 3. The molecule has 0 saturated carbocycles. The molecule has 30 heavy (non-hydrogen) atoms. The molecule has 5 aromatic rings. The van der Waals surface area contributed by atoms with Crippen molar-refractivity contribution in [3.63, 3.8) is 0 Å². The van der Waals surface area contributed by atoms with Crippen LogP contribution in [-0.2, 0) is 5.41 Å². The molecular weight excluding hydrogens is 386 g/mol. The quantitative estimate of drug-likeness (QED) is 0.299. The maximum Gasteiger partial charge on any atom is 0.139 e. The molecule has 0 unspecified atom stereocenters. The number of fused-ring (bicyclic) bond motifs is 4. The van der Waals surface area contributed by atoms with Crippen LogP contribution in [0.2, 0.25) is 0 Å². The van der Waals surface area contributed by atoms with Crippen molar-refractivity contribution in [1.29, 1.82) is 0 Å². The van der Waals surface area contributed by atoms with Crippen molar-refractivity contribution in [2.24, 2.45) is 0 Å². The fourth-order valence-corrected chi connectivity index (χ4v) is 4.39. The summed E-state index contributed by atoms with van der Waals surface area (Å²) in [7, 11) is 0. The highest BCUT2D eigenvalue weighted by atomic mass is 32.1. The van der Waals surface area contributed by atoms with Gasteiger partial charge in [-0.1, -0.05) is 51.1 Å². The van der Waals surface area contributed by atoms with Gasteiger partial charge in [0.1, 0.15) is 11.2 Å². The Labute approximate surface area is 181 Å². The van der Waals surface area contributed by atoms with Crippen molar-refractivity contribution in [3.8, 4) is 11.3 Å². The molecule has 3 aromatic carbocycles. The number of hydrogen-bond donors (Lipinski definition) is 1. The molecule has 0 atom stereocenters. The van der Waals surface area contributed by atoms with E-state index in [1.807, 2.05) is 24.4 Å². The number of rotatable bonds is 2. The molecule has 2 nitrogen and oxygen atoms in total. The number of benzene rings is 3. The Morgan fingerprint density at radius 3 is 2.53 bits per heavy atom. The van der Waals surface area contributed by atoms with E-state index in [2.05, 4.69) is 81.9 Å². The van der Waals surface area contributed by atoms with Gasteiger partial charge < -0.3 is 4.42 Å². The highest BCUT2D eigenvalue weighted by Gasteiger charge is 2.20. The van der Waals surface area contributed by atoms with Crippen molar-refractivity contribution in [1.82, 2.24) is 4.98 Å². The second kappa shape index (κ2) is 7.03. The summed E-state index contributed by atoms with van der Waals surface area (Å²) in [5, 5.41) is 6.40. The van der Waals surface area contributed by atoms with E-state index in [-0.39, 0.29) is 5.41 Å². The summed E-state index contributed by atoms with van der Waals surface area (Å²) in [6.45, 7) is 6.78. The summed E-state index contributed by atoms with van der Waals surface area (Å²) in [5.41, 5.74) is 6.20. The third-order valence-electron chi connectivity index (χ3n) is 5.62. The first-order valence-corrected chi connectivity index (χ1v) is 10.6. The molecule has 0 saturated heterocycles. The van der Waals surface area contributed by atoms with Crippen molar-refractivity contribution in [3.05, 3.63) is 83.4 Å². The minimum Gasteiger partial charge on any atom is -0.456 e. The number of furan rings is 1. The number of thiol groups is 1. The third-order valence-corrected chi connectivity index (χ3v) is 5.77. The van der Waals surface area contributed by atoms with Gasteiger partial charge in [0.2, 0.25) is 0 Å². The second-order valence-electron chi connectivity index (χ2n) is 8.70. The molecule has 0 aliphatic heterocycles. The van der Waals surface area contributed by atoms with Crippen LogP contribution >= 0.6 is 12.6 Å². The summed E-state index contributed by atoms with van der Waals surface area (Å²) in [6, 6.07) is 21.3. The van der Waals surface area contributed by atoms with Crippen LogP contribution in [0.15, 0.2) is 76.7 Å². The van der Waals surface area contributed by atoms with Crippen molar-refractivity contribution < 1.29 is 4.42 Å². The van der Waals surface area contributed by atoms with E-state index in [0.29, 0.717) is 0 Å². The fourth-order valence-electron chi connectivity index (χ4n) is 4.21. The van der Waals surface area contributed by atoms with Crippen LogP contribution in [0.4, 0.5) is 0 Å². The lowest BCUT2D eigenvalue weighted by atomic mass is 9.82. The van der Waals surface area contributed by atoms with E-state index in [4.69, 9.17) is 9.40 Å². The lowest BCUT2D eigenvalue weighted by molar-refractivity contribution is 0.596. The van der Waals surface area contributed by atoms with E-state index in [1.54, 1.807) is 5.41 Å². The van der Waals surface area contributed by atoms with Gasteiger partial charge in [0.25, 0.3) is 0 Å². The number of nitrogens with zero attached hydrogens (tertiary/aromatic N) is 1. The fraction of sp³-hybridized carbons (Fsp3) is 0.148. The van der Waals surface area contributed by atoms with Gasteiger partial charge in [-0.2, -0.15) is 12.6 Å². The molecule has 2 aromatic heterocycles. The molecule has 0 aliphatic carbocycles. The first-order chi connectivity index (χ1) is 14.5. The monoisotopic (exact) mass is 409 g/mol. The molecular formula is C27H23NOS. The van der Waals surface area contributed by atoms with Crippen LogP contribution in [0, 0.1) is 0 Å². The van der Waals surface area contributed by atoms with Crippen LogP contribution in [0.25, 0.3) is 50.0 Å². The lowest BCUT2D eigenvalue weighted by Gasteiger charge is -2.22. The molecule has 0 spiro atoms. The van der Waals surface area contributed by atoms with Crippen LogP contribution in [0.3, 0.4) is 0 Å². The van der Waals surface area contributed by atoms with Gasteiger partial charge >= 0.3 is 0 Å². The standard InChI is InChI=1S/C27H23NOS/c1-27(2,3)22-16-19(15-18-6-4-5-7-20(18)22)26-25-21-9-8-17(11-13-30)14-24(21)29-23(25)10-12-28-26/h4-16,30H,1-3H3/b13-11-. The van der Waals surface area contributed by atoms with E-state index in [0.717, 1.165) is 38.8 Å². The van der Waals surface area contributed by atoms with Gasteiger partial charge in [0.05, 0.1) is 11.1 Å². The first kappa shape index (κ1) is 19.0. The van der Waals surface area contributed by atoms with Crippen LogP contribution in [-0.4, -0.2) is 4.98 Å². The minimum atomic E-state index is 0.0239. The highest BCUT2D eigenvalue weighted by molar-refractivity contribution is 7.83. The van der Waals surface area contributed by atoms with E-state index in [1.165, 1.54) is 16.3 Å². The maximum absolute atomic E-state index is 6.19. The molecule has 148 valence electrons. The summed E-state index contributed by atoms with van der Waals surface area (Å²) >= 11 is 4.18. The summed E-state index contributed by atoms with van der Waals surface area (Å²) in [5.74, 6) is 0. The SMILES string of the molecule is CC(C)(C)c1cc(-c2nccc3oc4cc(/C=C\S)ccc4c23)cc2ccccc12. The predicted octanol–water partition coefficient (Wildman–Crippen LogP) is 8.00. The summed E-state index contributed by atoms with van der Waals surface area (Å²) < 4.78 is 6.19. The van der Waals surface area contributed by atoms with Gasteiger partial charge in [-0.05, 0) is 69.1 Å². The molecule has 0 radical (unpaired) electrons. The molecule has 3 heteroatoms. The zero-order valence-electron chi connectivity index (χ0n) is 17.3. The van der Waals surface area contributed by atoms with Gasteiger partial charge in [-0.15, -0.1) is 0 Å². The Kier molecular flexibility index (Phi) is 4.44. The summed E-state index contributed by atoms with van der Waals surface area (Å²) in [4.78, 5) is 4.80. The molecule has 0 amide bonds. The first-order valence-electron chi connectivity index (χ1n) is 10.1.